The second kappa shape index (κ2) is 6.95. The van der Waals surface area contributed by atoms with Gasteiger partial charge in [0, 0.05) is 25.1 Å². The van der Waals surface area contributed by atoms with Crippen LogP contribution in [0, 0.1) is 5.92 Å². The monoisotopic (exact) mass is 325 g/mol. The molecule has 0 heterocycles. The van der Waals surface area contributed by atoms with E-state index in [0.29, 0.717) is 6.54 Å². The van der Waals surface area contributed by atoms with E-state index in [0.717, 1.165) is 29.0 Å². The zero-order chi connectivity index (χ0) is 17.1. The first-order valence-electron chi connectivity index (χ1n) is 8.15. The highest BCUT2D eigenvalue weighted by atomic mass is 16.5. The smallest absolute Gasteiger partial charge is 0.226 e. The molecule has 0 radical (unpaired) electrons. The number of ether oxygens (including phenoxy) is 2. The van der Waals surface area contributed by atoms with E-state index in [-0.39, 0.29) is 17.7 Å². The lowest BCUT2D eigenvalue weighted by molar-refractivity contribution is -0.131. The van der Waals surface area contributed by atoms with Crippen molar-refractivity contribution in [2.24, 2.45) is 5.92 Å². The third-order valence-corrected chi connectivity index (χ3v) is 4.62. The Morgan fingerprint density at radius 1 is 1.04 bits per heavy atom. The minimum Gasteiger partial charge on any atom is -0.496 e. The molecule has 0 saturated heterocycles. The lowest BCUT2D eigenvalue weighted by atomic mass is 10.1. The van der Waals surface area contributed by atoms with E-state index >= 15 is 0 Å². The molecule has 1 amide bonds. The van der Waals surface area contributed by atoms with Crippen molar-refractivity contribution in [2.45, 2.75) is 18.9 Å². The SMILES string of the molecule is COc1ccccc1CN(C)C(=O)[C@@H]1C[C@@H]1c1ccccc1OC. The lowest BCUT2D eigenvalue weighted by Gasteiger charge is -2.19. The van der Waals surface area contributed by atoms with E-state index < -0.39 is 0 Å². The maximum atomic E-state index is 12.7. The van der Waals surface area contributed by atoms with Crippen molar-refractivity contribution >= 4 is 5.91 Å². The minimum absolute atomic E-state index is 0.0426. The zero-order valence-corrected chi connectivity index (χ0v) is 14.4. The van der Waals surface area contributed by atoms with Crippen LogP contribution in [0.4, 0.5) is 0 Å². The summed E-state index contributed by atoms with van der Waals surface area (Å²) in [5.41, 5.74) is 2.15. The molecular weight excluding hydrogens is 302 g/mol. The van der Waals surface area contributed by atoms with E-state index in [9.17, 15) is 4.79 Å². The summed E-state index contributed by atoms with van der Waals surface area (Å²) in [6.45, 7) is 0.554. The van der Waals surface area contributed by atoms with Gasteiger partial charge in [0.1, 0.15) is 11.5 Å². The second-order valence-corrected chi connectivity index (χ2v) is 6.20. The summed E-state index contributed by atoms with van der Waals surface area (Å²) >= 11 is 0. The maximum absolute atomic E-state index is 12.7. The molecule has 2 aromatic rings. The molecule has 0 unspecified atom stereocenters. The lowest BCUT2D eigenvalue weighted by Crippen LogP contribution is -2.28. The van der Waals surface area contributed by atoms with E-state index in [1.165, 1.54) is 0 Å². The summed E-state index contributed by atoms with van der Waals surface area (Å²) in [6.07, 6.45) is 0.884. The number of nitrogens with zero attached hydrogens (tertiary/aromatic N) is 1. The van der Waals surface area contributed by atoms with Gasteiger partial charge in [-0.25, -0.2) is 0 Å². The van der Waals surface area contributed by atoms with E-state index in [4.69, 9.17) is 9.47 Å². The highest BCUT2D eigenvalue weighted by Gasteiger charge is 2.46. The predicted octanol–water partition coefficient (Wildman–Crippen LogP) is 3.47. The molecule has 1 saturated carbocycles. The van der Waals surface area contributed by atoms with Gasteiger partial charge < -0.3 is 14.4 Å². The maximum Gasteiger partial charge on any atom is 0.226 e. The number of benzene rings is 2. The number of rotatable bonds is 6. The molecule has 0 bridgehead atoms. The third kappa shape index (κ3) is 3.23. The molecule has 4 nitrogen and oxygen atoms in total. The van der Waals surface area contributed by atoms with Crippen LogP contribution in [0.15, 0.2) is 48.5 Å². The average molecular weight is 325 g/mol. The van der Waals surface area contributed by atoms with Crippen LogP contribution in [0.25, 0.3) is 0 Å². The molecular formula is C20H23NO3. The highest BCUT2D eigenvalue weighted by molar-refractivity contribution is 5.83. The van der Waals surface area contributed by atoms with Crippen molar-refractivity contribution < 1.29 is 14.3 Å². The first-order valence-corrected chi connectivity index (χ1v) is 8.15. The topological polar surface area (TPSA) is 38.8 Å². The van der Waals surface area contributed by atoms with Crippen LogP contribution in [0.5, 0.6) is 11.5 Å². The molecule has 1 aliphatic carbocycles. The van der Waals surface area contributed by atoms with E-state index in [2.05, 4.69) is 6.07 Å². The van der Waals surface area contributed by atoms with Gasteiger partial charge >= 0.3 is 0 Å². The number of methoxy groups -OCH3 is 2. The van der Waals surface area contributed by atoms with Crippen molar-refractivity contribution in [1.82, 2.24) is 4.90 Å². The van der Waals surface area contributed by atoms with Crippen molar-refractivity contribution in [2.75, 3.05) is 21.3 Å². The van der Waals surface area contributed by atoms with Crippen LogP contribution in [0.3, 0.4) is 0 Å². The Kier molecular flexibility index (Phi) is 4.74. The quantitative estimate of drug-likeness (QED) is 0.816. The van der Waals surface area contributed by atoms with Crippen molar-refractivity contribution in [3.8, 4) is 11.5 Å². The van der Waals surface area contributed by atoms with Gasteiger partial charge in [-0.05, 0) is 30.0 Å². The molecule has 2 atom stereocenters. The van der Waals surface area contributed by atoms with Crippen LogP contribution in [-0.2, 0) is 11.3 Å². The van der Waals surface area contributed by atoms with Crippen molar-refractivity contribution in [3.63, 3.8) is 0 Å². The molecule has 1 aliphatic rings. The number of para-hydroxylation sites is 2. The molecule has 0 aromatic heterocycles. The fourth-order valence-electron chi connectivity index (χ4n) is 3.23. The van der Waals surface area contributed by atoms with Gasteiger partial charge in [-0.15, -0.1) is 0 Å². The number of carbonyl (C=O) groups is 1. The first kappa shape index (κ1) is 16.4. The Morgan fingerprint density at radius 3 is 2.38 bits per heavy atom. The van der Waals surface area contributed by atoms with Crippen LogP contribution in [-0.4, -0.2) is 32.1 Å². The Hall–Kier alpha value is -2.49. The standard InChI is InChI=1S/C20H23NO3/c1-21(13-14-8-4-6-10-18(14)23-2)20(22)17-12-16(17)15-9-5-7-11-19(15)24-3/h4-11,16-17H,12-13H2,1-3H3/t16-,17-/m1/s1. The minimum atomic E-state index is 0.0426. The van der Waals surface area contributed by atoms with Crippen LogP contribution >= 0.6 is 0 Å². The van der Waals surface area contributed by atoms with E-state index in [1.807, 2.05) is 49.5 Å². The zero-order valence-electron chi connectivity index (χ0n) is 14.4. The normalized spacial score (nSPS) is 18.8. The van der Waals surface area contributed by atoms with E-state index in [1.54, 1.807) is 19.1 Å². The second-order valence-electron chi connectivity index (χ2n) is 6.20. The number of hydrogen-bond donors (Lipinski definition) is 0. The van der Waals surface area contributed by atoms with Crippen LogP contribution < -0.4 is 9.47 Å². The van der Waals surface area contributed by atoms with Gasteiger partial charge in [-0.1, -0.05) is 36.4 Å². The Labute approximate surface area is 143 Å². The molecule has 24 heavy (non-hydrogen) atoms. The molecule has 3 rings (SSSR count). The molecule has 0 aliphatic heterocycles. The Morgan fingerprint density at radius 2 is 1.67 bits per heavy atom. The number of carbonyl (C=O) groups excluding carboxylic acids is 1. The van der Waals surface area contributed by atoms with Crippen LogP contribution in [0.2, 0.25) is 0 Å². The van der Waals surface area contributed by atoms with Crippen LogP contribution in [0.1, 0.15) is 23.5 Å². The van der Waals surface area contributed by atoms with Crippen molar-refractivity contribution in [1.29, 1.82) is 0 Å². The highest BCUT2D eigenvalue weighted by Crippen LogP contribution is 2.51. The summed E-state index contributed by atoms with van der Waals surface area (Å²) in [5, 5.41) is 0. The Bertz CT molecular complexity index is 724. The number of hydrogen-bond acceptors (Lipinski definition) is 3. The van der Waals surface area contributed by atoms with Gasteiger partial charge in [0.25, 0.3) is 0 Å². The molecule has 0 N–H and O–H groups in total. The Balaban J connectivity index is 1.67. The molecule has 4 heteroatoms. The summed E-state index contributed by atoms with van der Waals surface area (Å²) < 4.78 is 10.8. The predicted molar refractivity (Wildman–Crippen MR) is 93.3 cm³/mol. The summed E-state index contributed by atoms with van der Waals surface area (Å²) in [7, 11) is 5.18. The largest absolute Gasteiger partial charge is 0.496 e. The third-order valence-electron chi connectivity index (χ3n) is 4.62. The number of amides is 1. The van der Waals surface area contributed by atoms with Gasteiger partial charge in [0.15, 0.2) is 0 Å². The summed E-state index contributed by atoms with van der Waals surface area (Å²) in [6, 6.07) is 15.8. The molecule has 1 fully saturated rings. The molecule has 0 spiro atoms. The fraction of sp³-hybridized carbons (Fsp3) is 0.350. The van der Waals surface area contributed by atoms with Crippen molar-refractivity contribution in [3.05, 3.63) is 59.7 Å². The summed E-state index contributed by atoms with van der Waals surface area (Å²) in [4.78, 5) is 14.5. The van der Waals surface area contributed by atoms with Gasteiger partial charge in [-0.2, -0.15) is 0 Å². The fourth-order valence-corrected chi connectivity index (χ4v) is 3.23. The van der Waals surface area contributed by atoms with Gasteiger partial charge in [0.05, 0.1) is 14.2 Å². The van der Waals surface area contributed by atoms with Gasteiger partial charge in [0.2, 0.25) is 5.91 Å². The first-order chi connectivity index (χ1) is 11.7. The molecule has 126 valence electrons. The summed E-state index contributed by atoms with van der Waals surface area (Å²) in [5.74, 6) is 2.16. The molecule has 2 aromatic carbocycles. The average Bonchev–Trinajstić information content (AvgIpc) is 3.42. The van der Waals surface area contributed by atoms with Gasteiger partial charge in [-0.3, -0.25) is 4.79 Å².